The molecular weight excluding hydrogens is 304 g/mol. The van der Waals surface area contributed by atoms with Crippen molar-refractivity contribution in [1.82, 2.24) is 9.80 Å². The van der Waals surface area contributed by atoms with Gasteiger partial charge in [0.2, 0.25) is 12.3 Å². The number of amides is 2. The van der Waals surface area contributed by atoms with E-state index in [2.05, 4.69) is 30.3 Å². The van der Waals surface area contributed by atoms with Crippen LogP contribution in [0.2, 0.25) is 0 Å². The summed E-state index contributed by atoms with van der Waals surface area (Å²) in [6.45, 7) is 2.74. The zero-order valence-corrected chi connectivity index (χ0v) is 14.1. The highest BCUT2D eigenvalue weighted by atomic mass is 16.5. The van der Waals surface area contributed by atoms with E-state index in [-0.39, 0.29) is 12.5 Å². The van der Waals surface area contributed by atoms with Crippen LogP contribution in [0.1, 0.15) is 37.2 Å². The van der Waals surface area contributed by atoms with Crippen LogP contribution in [0.4, 0.5) is 0 Å². The van der Waals surface area contributed by atoms with Gasteiger partial charge in [0.25, 0.3) is 0 Å². The average Bonchev–Trinajstić information content (AvgIpc) is 3.54. The number of piperazine rings is 1. The van der Waals surface area contributed by atoms with Crippen molar-refractivity contribution in [2.75, 3.05) is 32.8 Å². The quantitative estimate of drug-likeness (QED) is 0.776. The summed E-state index contributed by atoms with van der Waals surface area (Å²) in [5, 5.41) is 0. The second kappa shape index (κ2) is 8.29. The van der Waals surface area contributed by atoms with Gasteiger partial charge < -0.3 is 14.5 Å². The Morgan fingerprint density at radius 3 is 2.25 bits per heavy atom. The van der Waals surface area contributed by atoms with Crippen molar-refractivity contribution in [2.24, 2.45) is 0 Å². The Labute approximate surface area is 143 Å². The average molecular weight is 330 g/mol. The summed E-state index contributed by atoms with van der Waals surface area (Å²) in [4.78, 5) is 25.5. The van der Waals surface area contributed by atoms with E-state index >= 15 is 0 Å². The number of hydrogen-bond donors (Lipinski definition) is 0. The SMILES string of the molecule is O=CN1CCN(C(=O)COC2CC2)CC1.c1ccc(C2CC2)cc1. The van der Waals surface area contributed by atoms with Crippen LogP contribution in [0.3, 0.4) is 0 Å². The van der Waals surface area contributed by atoms with Crippen LogP contribution in [0.25, 0.3) is 0 Å². The second-order valence-corrected chi connectivity index (χ2v) is 6.72. The van der Waals surface area contributed by atoms with E-state index in [0.717, 1.165) is 25.2 Å². The van der Waals surface area contributed by atoms with E-state index in [1.165, 1.54) is 18.4 Å². The van der Waals surface area contributed by atoms with Gasteiger partial charge in [0.1, 0.15) is 6.61 Å². The molecule has 1 saturated heterocycles. The fourth-order valence-electron chi connectivity index (χ4n) is 2.73. The lowest BCUT2D eigenvalue weighted by atomic mass is 10.1. The van der Waals surface area contributed by atoms with Crippen molar-refractivity contribution in [3.8, 4) is 0 Å². The molecule has 5 heteroatoms. The molecule has 130 valence electrons. The van der Waals surface area contributed by atoms with Gasteiger partial charge in [0, 0.05) is 26.2 Å². The molecule has 2 aliphatic carbocycles. The van der Waals surface area contributed by atoms with Gasteiger partial charge in [-0.2, -0.15) is 0 Å². The molecule has 0 atom stereocenters. The molecule has 4 rings (SSSR count). The van der Waals surface area contributed by atoms with Crippen LogP contribution in [-0.2, 0) is 14.3 Å². The Morgan fingerprint density at radius 2 is 1.71 bits per heavy atom. The molecule has 3 fully saturated rings. The van der Waals surface area contributed by atoms with E-state index in [0.29, 0.717) is 32.3 Å². The molecule has 24 heavy (non-hydrogen) atoms. The maximum atomic E-state index is 11.6. The molecule has 0 unspecified atom stereocenters. The molecule has 1 aromatic rings. The Kier molecular flexibility index (Phi) is 5.86. The standard InChI is InChI=1S/C10H16N2O3.C9H10/c13-8-11-3-5-12(6-4-11)10(14)7-15-9-1-2-9;1-2-4-8(5-3-1)9-6-7-9/h8-9H,1-7H2;1-5,9H,6-7H2. The summed E-state index contributed by atoms with van der Waals surface area (Å²) >= 11 is 0. The predicted molar refractivity (Wildman–Crippen MR) is 91.6 cm³/mol. The summed E-state index contributed by atoms with van der Waals surface area (Å²) in [5.41, 5.74) is 1.53. The van der Waals surface area contributed by atoms with Crippen LogP contribution in [-0.4, -0.2) is 61.0 Å². The zero-order chi connectivity index (χ0) is 16.8. The largest absolute Gasteiger partial charge is 0.368 e. The van der Waals surface area contributed by atoms with Gasteiger partial charge in [0.05, 0.1) is 6.10 Å². The third-order valence-corrected chi connectivity index (χ3v) is 4.63. The molecule has 1 aliphatic heterocycles. The maximum Gasteiger partial charge on any atom is 0.248 e. The van der Waals surface area contributed by atoms with Gasteiger partial charge >= 0.3 is 0 Å². The van der Waals surface area contributed by atoms with Crippen molar-refractivity contribution in [3.05, 3.63) is 35.9 Å². The maximum absolute atomic E-state index is 11.6. The molecule has 1 heterocycles. The van der Waals surface area contributed by atoms with E-state index in [1.54, 1.807) is 9.80 Å². The molecule has 0 radical (unpaired) electrons. The zero-order valence-electron chi connectivity index (χ0n) is 14.1. The fraction of sp³-hybridized carbons (Fsp3) is 0.579. The number of carbonyl (C=O) groups excluding carboxylic acids is 2. The van der Waals surface area contributed by atoms with Gasteiger partial charge in [-0.25, -0.2) is 0 Å². The van der Waals surface area contributed by atoms with Crippen molar-refractivity contribution < 1.29 is 14.3 Å². The number of benzene rings is 1. The minimum Gasteiger partial charge on any atom is -0.368 e. The molecule has 3 aliphatic rings. The normalized spacial score (nSPS) is 20.2. The molecule has 1 aromatic carbocycles. The fourth-order valence-corrected chi connectivity index (χ4v) is 2.73. The van der Waals surface area contributed by atoms with E-state index in [4.69, 9.17) is 4.74 Å². The monoisotopic (exact) mass is 330 g/mol. The lowest BCUT2D eigenvalue weighted by Crippen LogP contribution is -2.49. The van der Waals surface area contributed by atoms with E-state index in [9.17, 15) is 9.59 Å². The first-order valence-corrected chi connectivity index (χ1v) is 8.90. The summed E-state index contributed by atoms with van der Waals surface area (Å²) in [7, 11) is 0. The first kappa shape index (κ1) is 17.0. The van der Waals surface area contributed by atoms with Gasteiger partial charge in [-0.05, 0) is 37.2 Å². The Bertz CT molecular complexity index is 533. The van der Waals surface area contributed by atoms with Gasteiger partial charge in [0.15, 0.2) is 0 Å². The number of nitrogens with zero attached hydrogens (tertiary/aromatic N) is 2. The highest BCUT2D eigenvalue weighted by Gasteiger charge is 2.25. The molecule has 5 nitrogen and oxygen atoms in total. The summed E-state index contributed by atoms with van der Waals surface area (Å²) in [6, 6.07) is 10.8. The molecule has 2 amide bonds. The van der Waals surface area contributed by atoms with Crippen molar-refractivity contribution in [1.29, 1.82) is 0 Å². The Morgan fingerprint density at radius 1 is 1.04 bits per heavy atom. The summed E-state index contributed by atoms with van der Waals surface area (Å²) in [5.74, 6) is 0.957. The minimum absolute atomic E-state index is 0.0486. The topological polar surface area (TPSA) is 49.9 Å². The Balaban J connectivity index is 0.000000159. The van der Waals surface area contributed by atoms with Crippen molar-refractivity contribution in [3.63, 3.8) is 0 Å². The summed E-state index contributed by atoms with van der Waals surface area (Å²) in [6.07, 6.45) is 6.15. The van der Waals surface area contributed by atoms with Crippen LogP contribution in [0.15, 0.2) is 30.3 Å². The smallest absolute Gasteiger partial charge is 0.248 e. The molecular formula is C19H26N2O3. The lowest BCUT2D eigenvalue weighted by Gasteiger charge is -2.32. The van der Waals surface area contributed by atoms with Crippen LogP contribution >= 0.6 is 0 Å². The third kappa shape index (κ3) is 5.34. The van der Waals surface area contributed by atoms with E-state index in [1.807, 2.05) is 0 Å². The second-order valence-electron chi connectivity index (χ2n) is 6.72. The predicted octanol–water partition coefficient (Wildman–Crippen LogP) is 2.03. The van der Waals surface area contributed by atoms with Gasteiger partial charge in [-0.15, -0.1) is 0 Å². The molecule has 0 N–H and O–H groups in total. The van der Waals surface area contributed by atoms with Crippen LogP contribution in [0.5, 0.6) is 0 Å². The lowest BCUT2D eigenvalue weighted by molar-refractivity contribution is -0.139. The number of hydrogen-bond acceptors (Lipinski definition) is 3. The van der Waals surface area contributed by atoms with Crippen molar-refractivity contribution in [2.45, 2.75) is 37.7 Å². The van der Waals surface area contributed by atoms with Crippen molar-refractivity contribution >= 4 is 12.3 Å². The first-order valence-electron chi connectivity index (χ1n) is 8.90. The van der Waals surface area contributed by atoms with Crippen LogP contribution < -0.4 is 0 Å². The third-order valence-electron chi connectivity index (χ3n) is 4.63. The van der Waals surface area contributed by atoms with E-state index < -0.39 is 0 Å². The molecule has 0 spiro atoms. The molecule has 0 aromatic heterocycles. The van der Waals surface area contributed by atoms with Gasteiger partial charge in [-0.1, -0.05) is 30.3 Å². The highest BCUT2D eigenvalue weighted by molar-refractivity contribution is 5.77. The number of ether oxygens (including phenoxy) is 1. The van der Waals surface area contributed by atoms with Crippen LogP contribution in [0, 0.1) is 0 Å². The first-order chi connectivity index (χ1) is 11.8. The number of carbonyl (C=O) groups is 2. The van der Waals surface area contributed by atoms with Gasteiger partial charge in [-0.3, -0.25) is 9.59 Å². The Hall–Kier alpha value is -1.88. The highest BCUT2D eigenvalue weighted by Crippen LogP contribution is 2.39. The number of rotatable bonds is 5. The molecule has 2 saturated carbocycles. The minimum atomic E-state index is 0.0486. The molecule has 0 bridgehead atoms. The summed E-state index contributed by atoms with van der Waals surface area (Å²) < 4.78 is 5.35.